The van der Waals surface area contributed by atoms with Crippen molar-refractivity contribution in [2.75, 3.05) is 11.6 Å². The predicted molar refractivity (Wildman–Crippen MR) is 122 cm³/mol. The number of hydrogen-bond acceptors (Lipinski definition) is 10. The summed E-state index contributed by atoms with van der Waals surface area (Å²) < 4.78 is 30.8. The van der Waals surface area contributed by atoms with Gasteiger partial charge in [0.2, 0.25) is 15.0 Å². The molecule has 0 spiro atoms. The molecule has 32 heavy (non-hydrogen) atoms. The van der Waals surface area contributed by atoms with E-state index in [0.717, 1.165) is 27.7 Å². The third-order valence-corrected chi connectivity index (χ3v) is 6.32. The van der Waals surface area contributed by atoms with Crippen molar-refractivity contribution in [3.8, 4) is 11.5 Å². The molecule has 160 valence electrons. The molecule has 2 aromatic carbocycles. The number of anilines is 2. The van der Waals surface area contributed by atoms with Gasteiger partial charge < -0.3 is 10.1 Å². The Balaban J connectivity index is 1.43. The van der Waals surface area contributed by atoms with Crippen LogP contribution < -0.4 is 10.1 Å². The molecular weight excluding hydrogens is 448 g/mol. The van der Waals surface area contributed by atoms with E-state index in [1.807, 2.05) is 43.3 Å². The van der Waals surface area contributed by atoms with Gasteiger partial charge in [0.15, 0.2) is 5.82 Å². The highest BCUT2D eigenvalue weighted by molar-refractivity contribution is 7.90. The van der Waals surface area contributed by atoms with E-state index >= 15 is 0 Å². The summed E-state index contributed by atoms with van der Waals surface area (Å²) in [4.78, 5) is 20.7. The Labute approximate surface area is 187 Å². The molecule has 9 nitrogen and oxygen atoms in total. The Kier molecular flexibility index (Phi) is 4.91. The van der Waals surface area contributed by atoms with Gasteiger partial charge in [-0.2, -0.15) is 0 Å². The van der Waals surface area contributed by atoms with Gasteiger partial charge >= 0.3 is 0 Å². The summed E-state index contributed by atoms with van der Waals surface area (Å²) >= 11 is 1.58. The molecule has 0 aliphatic carbocycles. The first-order valence-corrected chi connectivity index (χ1v) is 12.2. The summed E-state index contributed by atoms with van der Waals surface area (Å²) in [6.45, 7) is 1.93. The summed E-state index contributed by atoms with van der Waals surface area (Å²) in [6.07, 6.45) is 3.79. The molecule has 0 unspecified atom stereocenters. The number of fused-ring (bicyclic) bond motifs is 2. The van der Waals surface area contributed by atoms with Gasteiger partial charge in [-0.25, -0.2) is 33.3 Å². The van der Waals surface area contributed by atoms with Crippen LogP contribution in [-0.4, -0.2) is 39.6 Å². The Hall–Kier alpha value is -3.70. The summed E-state index contributed by atoms with van der Waals surface area (Å²) in [5.74, 6) is 1.79. The van der Waals surface area contributed by atoms with E-state index in [0.29, 0.717) is 28.4 Å². The van der Waals surface area contributed by atoms with Crippen LogP contribution in [0.4, 0.5) is 11.5 Å². The number of aryl methyl sites for hydroxylation is 1. The Morgan fingerprint density at radius 3 is 2.69 bits per heavy atom. The van der Waals surface area contributed by atoms with E-state index in [4.69, 9.17) is 4.74 Å². The maximum atomic E-state index is 11.8. The van der Waals surface area contributed by atoms with Gasteiger partial charge in [-0.3, -0.25) is 0 Å². The predicted octanol–water partition coefficient (Wildman–Crippen LogP) is 4.28. The molecule has 5 aromatic rings. The number of benzene rings is 2. The Morgan fingerprint density at radius 1 is 1.00 bits per heavy atom. The molecule has 0 fully saturated rings. The lowest BCUT2D eigenvalue weighted by Crippen LogP contribution is -2.06. The molecule has 5 rings (SSSR count). The fraction of sp³-hybridized carbons (Fsp3) is 0.0952. The first kappa shape index (κ1) is 20.2. The maximum Gasteiger partial charge on any atom is 0.247 e. The van der Waals surface area contributed by atoms with Crippen LogP contribution in [0.2, 0.25) is 0 Å². The van der Waals surface area contributed by atoms with E-state index in [2.05, 4.69) is 30.2 Å². The maximum absolute atomic E-state index is 11.8. The standard InChI is InChI=1S/C21H16N6O3S2/c1-12-7-13(3-5-17(12)30-14-4-6-18-15(8-14)25-11-31-18)26-20-19-16(23-10-24-20)9-22-21(27-19)32(2,28)29/h3-11H,1-2H3,(H,23,24,26). The summed E-state index contributed by atoms with van der Waals surface area (Å²) in [5, 5.41) is 2.90. The summed E-state index contributed by atoms with van der Waals surface area (Å²) in [6, 6.07) is 11.4. The third-order valence-electron chi connectivity index (χ3n) is 4.65. The quantitative estimate of drug-likeness (QED) is 0.380. The van der Waals surface area contributed by atoms with E-state index in [1.54, 1.807) is 16.8 Å². The van der Waals surface area contributed by atoms with Crippen LogP contribution in [0.25, 0.3) is 21.3 Å². The lowest BCUT2D eigenvalue weighted by atomic mass is 10.2. The van der Waals surface area contributed by atoms with Crippen molar-refractivity contribution in [3.63, 3.8) is 0 Å². The molecule has 0 aliphatic heterocycles. The smallest absolute Gasteiger partial charge is 0.247 e. The number of sulfone groups is 1. The molecule has 1 N–H and O–H groups in total. The van der Waals surface area contributed by atoms with Gasteiger partial charge in [-0.05, 0) is 42.8 Å². The van der Waals surface area contributed by atoms with Gasteiger partial charge in [-0.1, -0.05) is 0 Å². The van der Waals surface area contributed by atoms with Crippen LogP contribution in [0, 0.1) is 6.92 Å². The lowest BCUT2D eigenvalue weighted by molar-refractivity contribution is 0.479. The molecule has 0 saturated carbocycles. The molecule has 0 bridgehead atoms. The number of hydrogen-bond donors (Lipinski definition) is 1. The minimum absolute atomic E-state index is 0.278. The van der Waals surface area contributed by atoms with Gasteiger partial charge in [-0.15, -0.1) is 11.3 Å². The molecule has 11 heteroatoms. The van der Waals surface area contributed by atoms with Crippen LogP contribution >= 0.6 is 11.3 Å². The molecule has 3 heterocycles. The van der Waals surface area contributed by atoms with E-state index < -0.39 is 9.84 Å². The molecule has 0 atom stereocenters. The van der Waals surface area contributed by atoms with Crippen LogP contribution in [0.5, 0.6) is 11.5 Å². The second-order valence-electron chi connectivity index (χ2n) is 7.07. The van der Waals surface area contributed by atoms with Crippen molar-refractivity contribution in [1.29, 1.82) is 0 Å². The fourth-order valence-electron chi connectivity index (χ4n) is 3.11. The van der Waals surface area contributed by atoms with Crippen LogP contribution in [0.1, 0.15) is 5.56 Å². The topological polar surface area (TPSA) is 120 Å². The average Bonchev–Trinajstić information content (AvgIpc) is 3.23. The van der Waals surface area contributed by atoms with E-state index in [9.17, 15) is 8.42 Å². The number of nitrogens with one attached hydrogen (secondary N) is 1. The van der Waals surface area contributed by atoms with Crippen molar-refractivity contribution in [1.82, 2.24) is 24.9 Å². The highest BCUT2D eigenvalue weighted by Crippen LogP contribution is 2.31. The third kappa shape index (κ3) is 3.95. The largest absolute Gasteiger partial charge is 0.457 e. The average molecular weight is 465 g/mol. The second-order valence-corrected chi connectivity index (χ2v) is 9.87. The van der Waals surface area contributed by atoms with E-state index in [1.165, 1.54) is 12.5 Å². The molecule has 0 radical (unpaired) electrons. The molecule has 0 aliphatic rings. The highest BCUT2D eigenvalue weighted by atomic mass is 32.2. The van der Waals surface area contributed by atoms with Gasteiger partial charge in [0, 0.05) is 18.0 Å². The van der Waals surface area contributed by atoms with Crippen molar-refractivity contribution in [2.45, 2.75) is 12.1 Å². The monoisotopic (exact) mass is 464 g/mol. The highest BCUT2D eigenvalue weighted by Gasteiger charge is 2.15. The first-order chi connectivity index (χ1) is 15.4. The van der Waals surface area contributed by atoms with Gasteiger partial charge in [0.1, 0.15) is 28.9 Å². The first-order valence-electron chi connectivity index (χ1n) is 9.43. The zero-order valence-corrected chi connectivity index (χ0v) is 18.6. The van der Waals surface area contributed by atoms with Crippen LogP contribution in [0.15, 0.2) is 59.6 Å². The molecule has 0 amide bonds. The van der Waals surface area contributed by atoms with Crippen LogP contribution in [-0.2, 0) is 9.84 Å². The zero-order chi connectivity index (χ0) is 22.3. The molecular formula is C21H16N6O3S2. The number of thiazole rings is 1. The SMILES string of the molecule is Cc1cc(Nc2ncnc3cnc(S(C)(=O)=O)nc23)ccc1Oc1ccc2scnc2c1. The fourth-order valence-corrected chi connectivity index (χ4v) is 4.27. The number of ether oxygens (including phenoxy) is 1. The van der Waals surface area contributed by atoms with Crippen LogP contribution in [0.3, 0.4) is 0 Å². The number of aromatic nitrogens is 5. The Bertz CT molecular complexity index is 1580. The normalized spacial score (nSPS) is 11.7. The van der Waals surface area contributed by atoms with Crippen molar-refractivity contribution in [3.05, 3.63) is 60.0 Å². The minimum Gasteiger partial charge on any atom is -0.457 e. The van der Waals surface area contributed by atoms with Crippen molar-refractivity contribution >= 4 is 53.9 Å². The summed E-state index contributed by atoms with van der Waals surface area (Å²) in [5.41, 5.74) is 5.10. The number of rotatable bonds is 5. The second kappa shape index (κ2) is 7.77. The van der Waals surface area contributed by atoms with Crippen molar-refractivity contribution < 1.29 is 13.2 Å². The zero-order valence-electron chi connectivity index (χ0n) is 17.0. The van der Waals surface area contributed by atoms with Gasteiger partial charge in [0.25, 0.3) is 0 Å². The Morgan fingerprint density at radius 2 is 1.88 bits per heavy atom. The van der Waals surface area contributed by atoms with Crippen molar-refractivity contribution in [2.24, 2.45) is 0 Å². The van der Waals surface area contributed by atoms with Gasteiger partial charge in [0.05, 0.1) is 21.9 Å². The number of nitrogens with zero attached hydrogens (tertiary/aromatic N) is 5. The van der Waals surface area contributed by atoms with E-state index in [-0.39, 0.29) is 5.16 Å². The summed E-state index contributed by atoms with van der Waals surface area (Å²) in [7, 11) is -3.56. The molecule has 3 aromatic heterocycles. The molecule has 0 saturated heterocycles. The lowest BCUT2D eigenvalue weighted by Gasteiger charge is -2.12. The minimum atomic E-state index is -3.56.